The van der Waals surface area contributed by atoms with Crippen LogP contribution in [0.2, 0.25) is 0 Å². The minimum Gasteiger partial charge on any atom is -0.358 e. The van der Waals surface area contributed by atoms with Gasteiger partial charge in [0.2, 0.25) is 0 Å². The molecule has 0 unspecified atom stereocenters. The quantitative estimate of drug-likeness (QED) is 0.285. The van der Waals surface area contributed by atoms with Gasteiger partial charge in [-0.05, 0) is 19.3 Å². The minimum absolute atomic E-state index is 0. The van der Waals surface area contributed by atoms with E-state index in [1.54, 1.807) is 0 Å². The van der Waals surface area contributed by atoms with Crippen LogP contribution in [0.15, 0.2) is 0 Å². The maximum Gasteiger partial charge on any atom is 0.0739 e. The van der Waals surface area contributed by atoms with E-state index in [4.69, 9.17) is 18.6 Å². The molecule has 0 bridgehead atoms. The Morgan fingerprint density at radius 2 is 0.783 bits per heavy atom. The van der Waals surface area contributed by atoms with Crippen molar-refractivity contribution in [3.63, 3.8) is 0 Å². The van der Waals surface area contributed by atoms with Crippen molar-refractivity contribution in [3.05, 3.63) is 0 Å². The second-order valence-electron chi connectivity index (χ2n) is 5.52. The van der Waals surface area contributed by atoms with Gasteiger partial charge in [0.05, 0.1) is 6.54 Å². The van der Waals surface area contributed by atoms with E-state index in [0.717, 1.165) is 6.54 Å². The van der Waals surface area contributed by atoms with Crippen LogP contribution in [0, 0.1) is 10.2 Å². The standard InChI is InChI=1S/C15H32BrN.ClHO4.Co/c16-14-12-10-8-6-4-2-1-3-5-7-9-11-13-15-17;2-1(3,4)5;/h1-15,17H2;(H,2,3,4,5);. The third-order valence-electron chi connectivity index (χ3n) is 3.38. The van der Waals surface area contributed by atoms with Gasteiger partial charge in [-0.2, -0.15) is 0 Å². The van der Waals surface area contributed by atoms with E-state index in [0.29, 0.717) is 0 Å². The first kappa shape index (κ1) is 28.9. The summed E-state index contributed by atoms with van der Waals surface area (Å²) in [5, 5.41) is 1.18. The summed E-state index contributed by atoms with van der Waals surface area (Å²) in [6.45, 7) is 1.12. The Bertz CT molecular complexity index is 192. The van der Waals surface area contributed by atoms with Crippen LogP contribution in [0.4, 0.5) is 0 Å². The van der Waals surface area contributed by atoms with Gasteiger partial charge in [0.25, 0.3) is 0 Å². The molecule has 0 spiro atoms. The third-order valence-corrected chi connectivity index (χ3v) is 3.94. The van der Waals surface area contributed by atoms with Crippen LogP contribution in [0.25, 0.3) is 0 Å². The normalized spacial score (nSPS) is 10.7. The van der Waals surface area contributed by atoms with Crippen LogP contribution in [0.3, 0.4) is 0 Å². The van der Waals surface area contributed by atoms with E-state index in [2.05, 4.69) is 21.7 Å². The van der Waals surface area contributed by atoms with Crippen molar-refractivity contribution in [2.24, 2.45) is 0 Å². The Kier molecular flexibility index (Phi) is 29.0. The molecule has 5 nitrogen and oxygen atoms in total. The molecule has 145 valence electrons. The number of hydrogen-bond donors (Lipinski definition) is 1. The summed E-state index contributed by atoms with van der Waals surface area (Å²) in [6, 6.07) is 0. The zero-order valence-electron chi connectivity index (χ0n) is 14.0. The number of alkyl halides is 1. The number of hydrogen-bond acceptors (Lipinski definition) is 4. The summed E-state index contributed by atoms with van der Waals surface area (Å²) in [5.41, 5.74) is 3.88. The fourth-order valence-electron chi connectivity index (χ4n) is 2.22. The van der Waals surface area contributed by atoms with Gasteiger partial charge < -0.3 is 5.73 Å². The minimum atomic E-state index is -4.94. The molecule has 23 heavy (non-hydrogen) atoms. The van der Waals surface area contributed by atoms with Gasteiger partial charge in [0.1, 0.15) is 0 Å². The number of unbranched alkanes of at least 4 members (excludes halogenated alkanes) is 12. The smallest absolute Gasteiger partial charge is 0.0739 e. The van der Waals surface area contributed by atoms with Crippen LogP contribution < -0.4 is 24.4 Å². The van der Waals surface area contributed by atoms with Gasteiger partial charge in [-0.3, -0.25) is 0 Å². The van der Waals surface area contributed by atoms with E-state index in [9.17, 15) is 0 Å². The van der Waals surface area contributed by atoms with Crippen molar-refractivity contribution < 1.29 is 51.4 Å². The molecule has 0 aliphatic heterocycles. The van der Waals surface area contributed by atoms with Gasteiger partial charge in [-0.15, -0.1) is 10.2 Å². The summed E-state index contributed by atoms with van der Waals surface area (Å²) in [5.74, 6) is 0. The molecule has 0 saturated carbocycles. The molecule has 0 aromatic carbocycles. The van der Waals surface area contributed by atoms with Gasteiger partial charge in [0.15, 0.2) is 0 Å². The maximum absolute atomic E-state index is 8.49. The Hall–Kier alpha value is 1.08. The molecule has 0 aromatic heterocycles. The van der Waals surface area contributed by atoms with Gasteiger partial charge >= 0.3 is 0 Å². The summed E-state index contributed by atoms with van der Waals surface area (Å²) >= 11 is 3.48. The predicted octanol–water partition coefficient (Wildman–Crippen LogP) is -0.0640. The first-order valence-corrected chi connectivity index (χ1v) is 10.7. The fourth-order valence-corrected chi connectivity index (χ4v) is 2.61. The van der Waals surface area contributed by atoms with Gasteiger partial charge in [-0.1, -0.05) is 80.1 Å². The van der Waals surface area contributed by atoms with Crippen molar-refractivity contribution in [1.82, 2.24) is 0 Å². The molecule has 0 rings (SSSR count). The molecular weight excluding hydrogens is 432 g/mol. The fraction of sp³-hybridized carbons (Fsp3) is 1.00. The van der Waals surface area contributed by atoms with Crippen molar-refractivity contribution in [2.75, 3.05) is 11.9 Å². The molecule has 0 fully saturated rings. The molecule has 8 heteroatoms. The van der Waals surface area contributed by atoms with Gasteiger partial charge in [-0.25, -0.2) is 18.6 Å². The average molecular weight is 466 g/mol. The Balaban J connectivity index is -0.000000578. The Morgan fingerprint density at radius 3 is 1.00 bits per heavy atom. The zero-order chi connectivity index (χ0) is 17.1. The Morgan fingerprint density at radius 1 is 0.565 bits per heavy atom. The number of quaternary nitrogens is 1. The van der Waals surface area contributed by atoms with Crippen molar-refractivity contribution >= 4 is 15.9 Å². The SMILES string of the molecule is [Co].[NH3+]CCCCCCCCCCCCCCCBr.[O-][Cl+3]([O-])([O-])[O-]. The van der Waals surface area contributed by atoms with E-state index in [1.165, 1.54) is 88.8 Å². The topological polar surface area (TPSA) is 120 Å². The van der Waals surface area contributed by atoms with Crippen molar-refractivity contribution in [2.45, 2.75) is 83.5 Å². The average Bonchev–Trinajstić information content (AvgIpc) is 2.42. The summed E-state index contributed by atoms with van der Waals surface area (Å²) in [6.07, 6.45) is 18.6. The van der Waals surface area contributed by atoms with E-state index >= 15 is 0 Å². The Labute approximate surface area is 162 Å². The van der Waals surface area contributed by atoms with Crippen LogP contribution in [0.1, 0.15) is 83.5 Å². The molecule has 0 aliphatic rings. The zero-order valence-corrected chi connectivity index (χ0v) is 17.4. The van der Waals surface area contributed by atoms with Gasteiger partial charge in [0, 0.05) is 22.1 Å². The summed E-state index contributed by atoms with van der Waals surface area (Å²) in [4.78, 5) is 0. The van der Waals surface area contributed by atoms with E-state index in [-0.39, 0.29) is 16.8 Å². The van der Waals surface area contributed by atoms with E-state index < -0.39 is 10.2 Å². The second kappa shape index (κ2) is 23.1. The molecule has 0 atom stereocenters. The van der Waals surface area contributed by atoms with Crippen LogP contribution in [0.5, 0.6) is 0 Å². The molecule has 0 saturated heterocycles. The molecule has 0 aromatic rings. The predicted molar refractivity (Wildman–Crippen MR) is 81.6 cm³/mol. The molecule has 0 amide bonds. The first-order chi connectivity index (χ1) is 10.4. The summed E-state index contributed by atoms with van der Waals surface area (Å²) in [7, 11) is -4.94. The monoisotopic (exact) mass is 464 g/mol. The van der Waals surface area contributed by atoms with Crippen molar-refractivity contribution in [3.8, 4) is 0 Å². The molecule has 0 aliphatic carbocycles. The van der Waals surface area contributed by atoms with Crippen molar-refractivity contribution in [1.29, 1.82) is 0 Å². The van der Waals surface area contributed by atoms with Crippen LogP contribution >= 0.6 is 15.9 Å². The second-order valence-corrected chi connectivity index (χ2v) is 7.07. The molecule has 1 radical (unpaired) electrons. The van der Waals surface area contributed by atoms with Crippen LogP contribution in [-0.4, -0.2) is 11.9 Å². The number of halogens is 2. The third kappa shape index (κ3) is 45.1. The summed E-state index contributed by atoms with van der Waals surface area (Å²) < 4.78 is 34.0. The molecular formula is C15H33BrClCoNO4. The molecule has 3 N–H and O–H groups in total. The maximum atomic E-state index is 8.49. The molecule has 0 heterocycles. The van der Waals surface area contributed by atoms with Crippen LogP contribution in [-0.2, 0) is 16.8 Å². The van der Waals surface area contributed by atoms with E-state index in [1.807, 2.05) is 0 Å². The largest absolute Gasteiger partial charge is 0.358 e. The first-order valence-electron chi connectivity index (χ1n) is 8.38. The number of rotatable bonds is 14.